The van der Waals surface area contributed by atoms with Gasteiger partial charge in [0.25, 0.3) is 5.92 Å². The topological polar surface area (TPSA) is 58.6 Å². The molecule has 4 atom stereocenters. The van der Waals surface area contributed by atoms with E-state index in [1.807, 2.05) is 0 Å². The fraction of sp³-hybridized carbons (Fsp3) is 0.792. The Balaban J connectivity index is 1.51. The average Bonchev–Trinajstić information content (AvgIpc) is 3.03. The molecule has 3 heterocycles. The second-order valence-corrected chi connectivity index (χ2v) is 10.8. The number of alkyl halides is 2. The summed E-state index contributed by atoms with van der Waals surface area (Å²) in [7, 11) is 1.42. The number of piperidine rings is 2. The summed E-state index contributed by atoms with van der Waals surface area (Å²) < 4.78 is 34.9. The van der Waals surface area contributed by atoms with Gasteiger partial charge in [0.2, 0.25) is 5.95 Å². The third kappa shape index (κ3) is 3.11. The highest BCUT2D eigenvalue weighted by molar-refractivity contribution is 5.71. The summed E-state index contributed by atoms with van der Waals surface area (Å²) in [6.07, 6.45) is 4.51. The molecule has 2 saturated heterocycles. The van der Waals surface area contributed by atoms with Crippen molar-refractivity contribution in [3.05, 3.63) is 11.3 Å². The molecule has 0 bridgehead atoms. The number of fused-ring (bicyclic) bond motifs is 2. The minimum Gasteiger partial charge on any atom is -0.469 e. The maximum Gasteiger partial charge on any atom is 0.305 e. The minimum atomic E-state index is -2.91. The predicted molar refractivity (Wildman–Crippen MR) is 118 cm³/mol. The number of hydrogen-bond donors (Lipinski definition) is 0. The van der Waals surface area contributed by atoms with E-state index in [0.29, 0.717) is 36.6 Å². The highest BCUT2D eigenvalue weighted by Gasteiger charge is 2.75. The second kappa shape index (κ2) is 7.26. The zero-order chi connectivity index (χ0) is 22.9. The van der Waals surface area contributed by atoms with E-state index in [9.17, 15) is 4.79 Å². The number of nitrogens with zero attached hydrogens (tertiary/aromatic N) is 4. The Morgan fingerprint density at radius 3 is 2.53 bits per heavy atom. The molecule has 0 aromatic carbocycles. The van der Waals surface area contributed by atoms with Crippen molar-refractivity contribution in [1.29, 1.82) is 0 Å². The van der Waals surface area contributed by atoms with Gasteiger partial charge >= 0.3 is 5.97 Å². The van der Waals surface area contributed by atoms with Crippen LogP contribution in [0.2, 0.25) is 0 Å². The molecule has 1 aromatic rings. The Morgan fingerprint density at radius 1 is 1.16 bits per heavy atom. The highest BCUT2D eigenvalue weighted by Crippen LogP contribution is 2.74. The lowest BCUT2D eigenvalue weighted by Gasteiger charge is -2.36. The van der Waals surface area contributed by atoms with Gasteiger partial charge in [-0.1, -0.05) is 13.8 Å². The van der Waals surface area contributed by atoms with E-state index in [1.165, 1.54) is 7.11 Å². The summed E-state index contributed by atoms with van der Waals surface area (Å²) in [5.74, 6) is -1.70. The number of carbonyl (C=O) groups is 1. The summed E-state index contributed by atoms with van der Waals surface area (Å²) in [5.41, 5.74) is 0.458. The van der Waals surface area contributed by atoms with Gasteiger partial charge < -0.3 is 14.5 Å². The van der Waals surface area contributed by atoms with Gasteiger partial charge in [-0.05, 0) is 55.8 Å². The third-order valence-corrected chi connectivity index (χ3v) is 8.99. The number of esters is 1. The summed E-state index contributed by atoms with van der Waals surface area (Å²) in [5, 5.41) is 0. The molecule has 8 heteroatoms. The zero-order valence-corrected chi connectivity index (χ0v) is 19.6. The van der Waals surface area contributed by atoms with Crippen LogP contribution in [0.3, 0.4) is 0 Å². The van der Waals surface area contributed by atoms with Crippen LogP contribution in [0.1, 0.15) is 70.6 Å². The fourth-order valence-corrected chi connectivity index (χ4v) is 6.74. The van der Waals surface area contributed by atoms with Crippen LogP contribution in [0.25, 0.3) is 0 Å². The predicted octanol–water partition coefficient (Wildman–Crippen LogP) is 4.31. The standard InChI is InChI=1S/C24H34F2N4O2/c1-15-8-5-6-11-30(15)21-27-19-16(9-7-10-24(19,25)26)20(28-21)29-13-22(2)17(12-18(31)32-4)23(22,3)14-29/h15,17H,5-14H2,1-4H3/t15-,17?,22-,23?/m0/s1. The Bertz CT molecular complexity index is 923. The van der Waals surface area contributed by atoms with Crippen molar-refractivity contribution in [3.63, 3.8) is 0 Å². The molecule has 32 heavy (non-hydrogen) atoms. The number of hydrogen-bond acceptors (Lipinski definition) is 6. The number of halogens is 2. The van der Waals surface area contributed by atoms with Crippen molar-refractivity contribution in [2.45, 2.75) is 77.7 Å². The lowest BCUT2D eigenvalue weighted by molar-refractivity contribution is -0.141. The first-order chi connectivity index (χ1) is 15.1. The minimum absolute atomic E-state index is 0.0468. The van der Waals surface area contributed by atoms with E-state index >= 15 is 8.78 Å². The third-order valence-electron chi connectivity index (χ3n) is 8.99. The van der Waals surface area contributed by atoms with Crippen molar-refractivity contribution in [3.8, 4) is 0 Å². The Kier molecular flexibility index (Phi) is 4.95. The van der Waals surface area contributed by atoms with Gasteiger partial charge in [-0.15, -0.1) is 0 Å². The normalized spacial score (nSPS) is 35.3. The molecule has 0 N–H and O–H groups in total. The Morgan fingerprint density at radius 2 is 1.88 bits per heavy atom. The molecule has 2 unspecified atom stereocenters. The van der Waals surface area contributed by atoms with E-state index < -0.39 is 5.92 Å². The Hall–Kier alpha value is -1.99. The van der Waals surface area contributed by atoms with Crippen LogP contribution in [0.5, 0.6) is 0 Å². The molecule has 2 aliphatic carbocycles. The van der Waals surface area contributed by atoms with Gasteiger partial charge in [-0.25, -0.2) is 4.98 Å². The van der Waals surface area contributed by atoms with E-state index in [0.717, 1.165) is 38.9 Å². The van der Waals surface area contributed by atoms with Crippen molar-refractivity contribution >= 4 is 17.7 Å². The Labute approximate surface area is 188 Å². The molecule has 0 radical (unpaired) electrons. The molecular formula is C24H34F2N4O2. The summed E-state index contributed by atoms with van der Waals surface area (Å²) in [6, 6.07) is 0.248. The molecule has 2 aliphatic heterocycles. The van der Waals surface area contributed by atoms with Gasteiger partial charge in [-0.2, -0.15) is 13.8 Å². The van der Waals surface area contributed by atoms with Crippen LogP contribution in [-0.2, 0) is 21.9 Å². The second-order valence-electron chi connectivity index (χ2n) is 10.8. The first kappa shape index (κ1) is 21.8. The van der Waals surface area contributed by atoms with Gasteiger partial charge in [0.05, 0.1) is 7.11 Å². The number of methoxy groups -OCH3 is 1. The van der Waals surface area contributed by atoms with E-state index in [4.69, 9.17) is 9.72 Å². The van der Waals surface area contributed by atoms with Crippen LogP contribution in [0.15, 0.2) is 0 Å². The molecule has 176 valence electrons. The average molecular weight is 449 g/mol. The molecule has 0 amide bonds. The molecular weight excluding hydrogens is 414 g/mol. The fourth-order valence-electron chi connectivity index (χ4n) is 6.74. The van der Waals surface area contributed by atoms with E-state index in [1.54, 1.807) is 0 Å². The zero-order valence-electron chi connectivity index (χ0n) is 19.6. The summed E-state index contributed by atoms with van der Waals surface area (Å²) in [4.78, 5) is 25.6. The molecule has 4 aliphatic rings. The van der Waals surface area contributed by atoms with Crippen LogP contribution in [0, 0.1) is 16.7 Å². The van der Waals surface area contributed by atoms with Crippen molar-refractivity contribution in [1.82, 2.24) is 9.97 Å². The van der Waals surface area contributed by atoms with Crippen LogP contribution in [-0.4, -0.2) is 48.7 Å². The molecule has 6 nitrogen and oxygen atoms in total. The number of aromatic nitrogens is 2. The molecule has 1 saturated carbocycles. The van der Waals surface area contributed by atoms with E-state index in [-0.39, 0.29) is 40.9 Å². The van der Waals surface area contributed by atoms with Gasteiger partial charge in [-0.3, -0.25) is 4.79 Å². The molecule has 0 spiro atoms. The first-order valence-electron chi connectivity index (χ1n) is 12.0. The highest BCUT2D eigenvalue weighted by atomic mass is 19.3. The van der Waals surface area contributed by atoms with Crippen LogP contribution < -0.4 is 9.80 Å². The maximum absolute atomic E-state index is 15.0. The number of carbonyl (C=O) groups excluding carboxylic acids is 1. The van der Waals surface area contributed by atoms with Crippen molar-refractivity contribution < 1.29 is 18.3 Å². The number of anilines is 2. The SMILES string of the molecule is COC(=O)CC1C2(C)CN(c3nc(N4CCCC[C@@H]4C)nc4c3CCCC4(F)F)C[C@@]12C. The van der Waals surface area contributed by atoms with E-state index in [2.05, 4.69) is 35.6 Å². The number of rotatable bonds is 4. The van der Waals surface area contributed by atoms with Crippen LogP contribution >= 0.6 is 0 Å². The summed E-state index contributed by atoms with van der Waals surface area (Å²) in [6.45, 7) is 8.78. The molecule has 5 rings (SSSR count). The van der Waals surface area contributed by atoms with Gasteiger partial charge in [0, 0.05) is 44.1 Å². The van der Waals surface area contributed by atoms with Gasteiger partial charge in [0.1, 0.15) is 11.5 Å². The van der Waals surface area contributed by atoms with Crippen molar-refractivity contribution in [2.75, 3.05) is 36.5 Å². The lowest BCUT2D eigenvalue weighted by atomic mass is 9.92. The van der Waals surface area contributed by atoms with Crippen LogP contribution in [0.4, 0.5) is 20.5 Å². The molecule has 1 aromatic heterocycles. The monoisotopic (exact) mass is 448 g/mol. The van der Waals surface area contributed by atoms with Crippen molar-refractivity contribution in [2.24, 2.45) is 16.7 Å². The molecule has 3 fully saturated rings. The summed E-state index contributed by atoms with van der Waals surface area (Å²) >= 11 is 0. The smallest absolute Gasteiger partial charge is 0.305 e. The largest absolute Gasteiger partial charge is 0.469 e. The lowest BCUT2D eigenvalue weighted by Crippen LogP contribution is -2.40. The quantitative estimate of drug-likeness (QED) is 0.640. The van der Waals surface area contributed by atoms with Gasteiger partial charge in [0.15, 0.2) is 0 Å². The maximum atomic E-state index is 15.0. The first-order valence-corrected chi connectivity index (χ1v) is 12.0. The number of ether oxygens (including phenoxy) is 1.